The number of anilines is 1. The summed E-state index contributed by atoms with van der Waals surface area (Å²) in [7, 11) is 0. The van der Waals surface area contributed by atoms with Crippen molar-refractivity contribution in [3.63, 3.8) is 0 Å². The Balaban J connectivity index is 2.18. The number of hydrogen-bond donors (Lipinski definition) is 1. The lowest BCUT2D eigenvalue weighted by Gasteiger charge is -2.15. The molecular formula is C14H16FN3. The third kappa shape index (κ3) is 2.64. The molecule has 0 radical (unpaired) electrons. The van der Waals surface area contributed by atoms with Gasteiger partial charge in [-0.15, -0.1) is 0 Å². The Labute approximate surface area is 106 Å². The number of benzene rings is 1. The molecule has 3 nitrogen and oxygen atoms in total. The minimum atomic E-state index is -0.392. The lowest BCUT2D eigenvalue weighted by Crippen LogP contribution is -2.10. The summed E-state index contributed by atoms with van der Waals surface area (Å²) in [5.41, 5.74) is 2.65. The third-order valence-electron chi connectivity index (χ3n) is 2.89. The van der Waals surface area contributed by atoms with Gasteiger partial charge in [-0.3, -0.25) is 0 Å². The summed E-state index contributed by atoms with van der Waals surface area (Å²) in [5.74, 6) is -0.146. The molecular weight excluding hydrogens is 229 g/mol. The summed E-state index contributed by atoms with van der Waals surface area (Å²) in [6, 6.07) is 8.12. The van der Waals surface area contributed by atoms with Crippen LogP contribution in [0, 0.1) is 19.7 Å². The molecule has 0 bridgehead atoms. The Morgan fingerprint density at radius 3 is 2.44 bits per heavy atom. The van der Waals surface area contributed by atoms with Gasteiger partial charge in [0.25, 0.3) is 0 Å². The van der Waals surface area contributed by atoms with Crippen LogP contribution in [0.2, 0.25) is 0 Å². The SMILES string of the molecule is Cc1ccc(C(C)Nc2ncnc(C)c2F)cc1. The summed E-state index contributed by atoms with van der Waals surface area (Å²) in [6.45, 7) is 5.63. The first-order valence-electron chi connectivity index (χ1n) is 5.88. The van der Waals surface area contributed by atoms with Gasteiger partial charge in [-0.25, -0.2) is 14.4 Å². The van der Waals surface area contributed by atoms with Crippen molar-refractivity contribution in [2.75, 3.05) is 5.32 Å². The number of nitrogens with one attached hydrogen (secondary N) is 1. The molecule has 2 aromatic rings. The Morgan fingerprint density at radius 2 is 1.78 bits per heavy atom. The predicted molar refractivity (Wildman–Crippen MR) is 69.9 cm³/mol. The number of halogens is 1. The van der Waals surface area contributed by atoms with E-state index >= 15 is 0 Å². The second-order valence-corrected chi connectivity index (χ2v) is 4.40. The molecule has 1 atom stereocenters. The van der Waals surface area contributed by atoms with Gasteiger partial charge in [0, 0.05) is 0 Å². The molecule has 4 heteroatoms. The standard InChI is InChI=1S/C14H16FN3/c1-9-4-6-12(7-5-9)10(2)18-14-13(15)11(3)16-8-17-14/h4-8,10H,1-3H3,(H,16,17,18). The Morgan fingerprint density at radius 1 is 1.11 bits per heavy atom. The van der Waals surface area contributed by atoms with Gasteiger partial charge in [0.05, 0.1) is 11.7 Å². The highest BCUT2D eigenvalue weighted by atomic mass is 19.1. The number of nitrogens with zero attached hydrogens (tertiary/aromatic N) is 2. The van der Waals surface area contributed by atoms with E-state index in [0.717, 1.165) is 5.56 Å². The van der Waals surface area contributed by atoms with Gasteiger partial charge < -0.3 is 5.32 Å². The monoisotopic (exact) mass is 245 g/mol. The highest BCUT2D eigenvalue weighted by Gasteiger charge is 2.11. The molecule has 0 aliphatic rings. The van der Waals surface area contributed by atoms with E-state index in [1.807, 2.05) is 38.1 Å². The molecule has 1 heterocycles. The van der Waals surface area contributed by atoms with Crippen LogP contribution in [0.3, 0.4) is 0 Å². The van der Waals surface area contributed by atoms with Gasteiger partial charge in [-0.05, 0) is 26.3 Å². The van der Waals surface area contributed by atoms with E-state index in [0.29, 0.717) is 5.69 Å². The maximum atomic E-state index is 13.8. The second-order valence-electron chi connectivity index (χ2n) is 4.40. The van der Waals surface area contributed by atoms with Crippen LogP contribution in [0.15, 0.2) is 30.6 Å². The van der Waals surface area contributed by atoms with Gasteiger partial charge in [0.1, 0.15) is 6.33 Å². The molecule has 0 saturated carbocycles. The number of hydrogen-bond acceptors (Lipinski definition) is 3. The number of aryl methyl sites for hydroxylation is 2. The molecule has 0 amide bonds. The van der Waals surface area contributed by atoms with Gasteiger partial charge in [0.2, 0.25) is 0 Å². The molecule has 94 valence electrons. The van der Waals surface area contributed by atoms with Gasteiger partial charge in [-0.2, -0.15) is 0 Å². The fourth-order valence-corrected chi connectivity index (χ4v) is 1.70. The van der Waals surface area contributed by atoms with Crippen molar-refractivity contribution in [2.24, 2.45) is 0 Å². The molecule has 1 aromatic heterocycles. The van der Waals surface area contributed by atoms with Crippen LogP contribution in [0.1, 0.15) is 29.8 Å². The fourth-order valence-electron chi connectivity index (χ4n) is 1.70. The molecule has 18 heavy (non-hydrogen) atoms. The van der Waals surface area contributed by atoms with E-state index < -0.39 is 5.82 Å². The molecule has 1 N–H and O–H groups in total. The zero-order chi connectivity index (χ0) is 13.1. The van der Waals surface area contributed by atoms with Crippen molar-refractivity contribution in [3.05, 3.63) is 53.2 Å². The molecule has 1 aromatic carbocycles. The molecule has 0 saturated heterocycles. The predicted octanol–water partition coefficient (Wildman–Crippen LogP) is 3.41. The highest BCUT2D eigenvalue weighted by molar-refractivity contribution is 5.40. The van der Waals surface area contributed by atoms with Crippen molar-refractivity contribution in [1.29, 1.82) is 0 Å². The van der Waals surface area contributed by atoms with Crippen LogP contribution in [0.25, 0.3) is 0 Å². The zero-order valence-corrected chi connectivity index (χ0v) is 10.7. The number of rotatable bonds is 3. The Hall–Kier alpha value is -1.97. The lowest BCUT2D eigenvalue weighted by molar-refractivity contribution is 0.602. The molecule has 0 fully saturated rings. The van der Waals surface area contributed by atoms with E-state index in [2.05, 4.69) is 15.3 Å². The maximum Gasteiger partial charge on any atom is 0.186 e. The first-order valence-corrected chi connectivity index (χ1v) is 5.88. The fraction of sp³-hybridized carbons (Fsp3) is 0.286. The minimum absolute atomic E-state index is 0.00519. The average molecular weight is 245 g/mol. The van der Waals surface area contributed by atoms with Crippen LogP contribution >= 0.6 is 0 Å². The van der Waals surface area contributed by atoms with E-state index in [9.17, 15) is 4.39 Å². The van der Waals surface area contributed by atoms with E-state index in [1.165, 1.54) is 11.9 Å². The number of aromatic nitrogens is 2. The summed E-state index contributed by atoms with van der Waals surface area (Å²) in [4.78, 5) is 7.73. The van der Waals surface area contributed by atoms with Crippen molar-refractivity contribution < 1.29 is 4.39 Å². The van der Waals surface area contributed by atoms with Crippen LogP contribution in [0.4, 0.5) is 10.2 Å². The van der Waals surface area contributed by atoms with Gasteiger partial charge >= 0.3 is 0 Å². The smallest absolute Gasteiger partial charge is 0.186 e. The third-order valence-corrected chi connectivity index (χ3v) is 2.89. The second kappa shape index (κ2) is 5.12. The molecule has 1 unspecified atom stereocenters. The average Bonchev–Trinajstić information content (AvgIpc) is 2.36. The van der Waals surface area contributed by atoms with E-state index in [1.54, 1.807) is 6.92 Å². The molecule has 0 aliphatic carbocycles. The van der Waals surface area contributed by atoms with Crippen LogP contribution in [-0.4, -0.2) is 9.97 Å². The van der Waals surface area contributed by atoms with Crippen molar-refractivity contribution >= 4 is 5.82 Å². The van der Waals surface area contributed by atoms with E-state index in [4.69, 9.17) is 0 Å². The van der Waals surface area contributed by atoms with Crippen LogP contribution in [0.5, 0.6) is 0 Å². The lowest BCUT2D eigenvalue weighted by atomic mass is 10.1. The summed E-state index contributed by atoms with van der Waals surface area (Å²) in [6.07, 6.45) is 1.36. The topological polar surface area (TPSA) is 37.8 Å². The Kier molecular flexibility index (Phi) is 3.55. The minimum Gasteiger partial charge on any atom is -0.361 e. The van der Waals surface area contributed by atoms with Crippen LogP contribution < -0.4 is 5.32 Å². The normalized spacial score (nSPS) is 12.2. The molecule has 0 spiro atoms. The van der Waals surface area contributed by atoms with Gasteiger partial charge in [0.15, 0.2) is 11.6 Å². The summed E-state index contributed by atoms with van der Waals surface area (Å²) >= 11 is 0. The molecule has 2 rings (SSSR count). The van der Waals surface area contributed by atoms with Crippen molar-refractivity contribution in [1.82, 2.24) is 9.97 Å². The van der Waals surface area contributed by atoms with Crippen LogP contribution in [-0.2, 0) is 0 Å². The van der Waals surface area contributed by atoms with Crippen molar-refractivity contribution in [2.45, 2.75) is 26.8 Å². The Bertz CT molecular complexity index is 537. The quantitative estimate of drug-likeness (QED) is 0.900. The summed E-state index contributed by atoms with van der Waals surface area (Å²) in [5, 5.41) is 3.06. The molecule has 0 aliphatic heterocycles. The first kappa shape index (κ1) is 12.5. The zero-order valence-electron chi connectivity index (χ0n) is 10.7. The highest BCUT2D eigenvalue weighted by Crippen LogP contribution is 2.20. The largest absolute Gasteiger partial charge is 0.361 e. The van der Waals surface area contributed by atoms with Crippen molar-refractivity contribution in [3.8, 4) is 0 Å². The van der Waals surface area contributed by atoms with E-state index in [-0.39, 0.29) is 11.9 Å². The maximum absolute atomic E-state index is 13.8. The van der Waals surface area contributed by atoms with Gasteiger partial charge in [-0.1, -0.05) is 29.8 Å². The summed E-state index contributed by atoms with van der Waals surface area (Å²) < 4.78 is 13.8. The first-order chi connectivity index (χ1) is 8.58.